The number of unbranched alkanes of at least 4 members (excludes halogenated alkanes) is 11. The largest absolute Gasteiger partial charge is 0.449 e. The first-order chi connectivity index (χ1) is 11.3. The van der Waals surface area contributed by atoms with Crippen molar-refractivity contribution < 1.29 is 14.3 Å². The highest BCUT2D eigenvalue weighted by atomic mass is 16.6. The quantitative estimate of drug-likeness (QED) is 0.423. The van der Waals surface area contributed by atoms with Gasteiger partial charge in [-0.1, -0.05) is 77.6 Å². The molecule has 0 bridgehead atoms. The smallest absolute Gasteiger partial charge is 0.416 e. The molecule has 0 N–H and O–H groups in total. The Morgan fingerprint density at radius 1 is 0.913 bits per heavy atom. The van der Waals surface area contributed by atoms with Crippen LogP contribution < -0.4 is 0 Å². The van der Waals surface area contributed by atoms with Crippen LogP contribution in [-0.2, 0) is 9.53 Å². The number of carbonyl (C=O) groups is 2. The molecule has 0 saturated carbocycles. The molecule has 0 spiro atoms. The molecule has 1 fully saturated rings. The van der Waals surface area contributed by atoms with Gasteiger partial charge in [0.25, 0.3) is 0 Å². The van der Waals surface area contributed by atoms with Crippen molar-refractivity contribution >= 4 is 12.0 Å². The molecular formula is C19H35NO3. The number of amides is 2. The van der Waals surface area contributed by atoms with Gasteiger partial charge in [0.1, 0.15) is 0 Å². The van der Waals surface area contributed by atoms with Crippen LogP contribution in [0.3, 0.4) is 0 Å². The van der Waals surface area contributed by atoms with E-state index in [2.05, 4.69) is 6.92 Å². The van der Waals surface area contributed by atoms with Gasteiger partial charge in [0, 0.05) is 13.0 Å². The highest BCUT2D eigenvalue weighted by molar-refractivity contribution is 5.93. The Hall–Kier alpha value is -1.06. The summed E-state index contributed by atoms with van der Waals surface area (Å²) in [6.45, 7) is 3.23. The fraction of sp³-hybridized carbons (Fsp3) is 0.895. The standard InChI is InChI=1S/C19H35NO3/c1-2-3-4-5-6-7-8-9-10-11-12-13-17-23-19(22)20-16-14-15-18(20)21/h2-17H2,1H3. The van der Waals surface area contributed by atoms with Gasteiger partial charge < -0.3 is 4.74 Å². The summed E-state index contributed by atoms with van der Waals surface area (Å²) in [7, 11) is 0. The fourth-order valence-electron chi connectivity index (χ4n) is 3.02. The second-order valence-electron chi connectivity index (χ2n) is 6.65. The third-order valence-electron chi connectivity index (χ3n) is 4.52. The van der Waals surface area contributed by atoms with Gasteiger partial charge in [-0.05, 0) is 12.8 Å². The first kappa shape index (κ1) is 20.0. The van der Waals surface area contributed by atoms with Crippen molar-refractivity contribution in [2.45, 2.75) is 96.8 Å². The van der Waals surface area contributed by atoms with E-state index in [1.807, 2.05) is 0 Å². The maximum Gasteiger partial charge on any atom is 0.416 e. The summed E-state index contributed by atoms with van der Waals surface area (Å²) >= 11 is 0. The number of carbonyl (C=O) groups excluding carboxylic acids is 2. The minimum absolute atomic E-state index is 0.0929. The summed E-state index contributed by atoms with van der Waals surface area (Å²) in [6, 6.07) is 0. The van der Waals surface area contributed by atoms with Crippen molar-refractivity contribution in [3.63, 3.8) is 0 Å². The van der Waals surface area contributed by atoms with Crippen LogP contribution in [0.15, 0.2) is 0 Å². The van der Waals surface area contributed by atoms with Gasteiger partial charge in [-0.15, -0.1) is 0 Å². The van der Waals surface area contributed by atoms with E-state index in [4.69, 9.17) is 4.74 Å². The first-order valence-electron chi connectivity index (χ1n) is 9.73. The Balaban J connectivity index is 1.79. The molecule has 134 valence electrons. The van der Waals surface area contributed by atoms with Crippen LogP contribution in [-0.4, -0.2) is 30.1 Å². The van der Waals surface area contributed by atoms with Crippen LogP contribution in [0, 0.1) is 0 Å². The normalized spacial score (nSPS) is 14.5. The summed E-state index contributed by atoms with van der Waals surface area (Å²) in [5.41, 5.74) is 0. The molecule has 1 heterocycles. The van der Waals surface area contributed by atoms with Gasteiger partial charge in [0.15, 0.2) is 0 Å². The van der Waals surface area contributed by atoms with Crippen molar-refractivity contribution in [3.8, 4) is 0 Å². The molecule has 23 heavy (non-hydrogen) atoms. The Labute approximate surface area is 141 Å². The lowest BCUT2D eigenvalue weighted by Gasteiger charge is -2.13. The summed E-state index contributed by atoms with van der Waals surface area (Å²) < 4.78 is 5.15. The maximum absolute atomic E-state index is 11.6. The monoisotopic (exact) mass is 325 g/mol. The van der Waals surface area contributed by atoms with Crippen LogP contribution in [0.5, 0.6) is 0 Å². The van der Waals surface area contributed by atoms with Crippen molar-refractivity contribution in [1.29, 1.82) is 0 Å². The molecule has 1 aliphatic heterocycles. The van der Waals surface area contributed by atoms with Crippen molar-refractivity contribution in [2.75, 3.05) is 13.2 Å². The highest BCUT2D eigenvalue weighted by Gasteiger charge is 2.27. The molecule has 2 amide bonds. The van der Waals surface area contributed by atoms with Crippen LogP contribution in [0.1, 0.15) is 96.8 Å². The highest BCUT2D eigenvalue weighted by Crippen LogP contribution is 2.13. The van der Waals surface area contributed by atoms with Crippen molar-refractivity contribution in [3.05, 3.63) is 0 Å². The molecule has 0 radical (unpaired) electrons. The molecule has 0 aliphatic carbocycles. The Morgan fingerprint density at radius 2 is 1.43 bits per heavy atom. The molecule has 0 aromatic carbocycles. The number of likely N-dealkylation sites (tertiary alicyclic amines) is 1. The predicted molar refractivity (Wildman–Crippen MR) is 93.4 cm³/mol. The second-order valence-corrected chi connectivity index (χ2v) is 6.65. The SMILES string of the molecule is CCCCCCCCCCCCCCOC(=O)N1CCCC1=O. The number of rotatable bonds is 13. The summed E-state index contributed by atoms with van der Waals surface area (Å²) in [4.78, 5) is 24.3. The van der Waals surface area contributed by atoms with Crippen LogP contribution >= 0.6 is 0 Å². The van der Waals surface area contributed by atoms with Gasteiger partial charge in [-0.2, -0.15) is 0 Å². The zero-order valence-corrected chi connectivity index (χ0v) is 15.0. The topological polar surface area (TPSA) is 46.6 Å². The lowest BCUT2D eigenvalue weighted by Crippen LogP contribution is -2.32. The number of nitrogens with zero attached hydrogens (tertiary/aromatic N) is 1. The Morgan fingerprint density at radius 3 is 1.91 bits per heavy atom. The van der Waals surface area contributed by atoms with E-state index in [9.17, 15) is 9.59 Å². The lowest BCUT2D eigenvalue weighted by atomic mass is 10.1. The molecular weight excluding hydrogens is 290 g/mol. The molecule has 0 aromatic heterocycles. The molecule has 4 nitrogen and oxygen atoms in total. The number of ether oxygens (including phenoxy) is 1. The van der Waals surface area contributed by atoms with E-state index in [-0.39, 0.29) is 5.91 Å². The zero-order valence-electron chi connectivity index (χ0n) is 15.0. The zero-order chi connectivity index (χ0) is 16.8. The lowest BCUT2D eigenvalue weighted by molar-refractivity contribution is -0.126. The van der Waals surface area contributed by atoms with E-state index < -0.39 is 6.09 Å². The summed E-state index contributed by atoms with van der Waals surface area (Å²) in [6.07, 6.45) is 16.3. The average molecular weight is 325 g/mol. The van der Waals surface area contributed by atoms with E-state index in [0.29, 0.717) is 19.6 Å². The van der Waals surface area contributed by atoms with Gasteiger partial charge in [0.05, 0.1) is 6.61 Å². The van der Waals surface area contributed by atoms with E-state index in [1.54, 1.807) is 0 Å². The Kier molecular flexibility index (Phi) is 11.6. The minimum Gasteiger partial charge on any atom is -0.449 e. The fourth-order valence-corrected chi connectivity index (χ4v) is 3.02. The molecule has 0 aromatic rings. The second kappa shape index (κ2) is 13.4. The molecule has 0 atom stereocenters. The van der Waals surface area contributed by atoms with E-state index in [1.165, 1.54) is 69.1 Å². The van der Waals surface area contributed by atoms with Gasteiger partial charge in [-0.3, -0.25) is 4.79 Å². The third-order valence-corrected chi connectivity index (χ3v) is 4.52. The van der Waals surface area contributed by atoms with Gasteiger partial charge in [-0.25, -0.2) is 9.69 Å². The van der Waals surface area contributed by atoms with Crippen LogP contribution in [0.25, 0.3) is 0 Å². The minimum atomic E-state index is -0.449. The van der Waals surface area contributed by atoms with Gasteiger partial charge in [0.2, 0.25) is 5.91 Å². The predicted octanol–water partition coefficient (Wildman–Crippen LogP) is 5.45. The Bertz CT molecular complexity index is 331. The summed E-state index contributed by atoms with van der Waals surface area (Å²) in [5, 5.41) is 0. The van der Waals surface area contributed by atoms with E-state index in [0.717, 1.165) is 19.3 Å². The van der Waals surface area contributed by atoms with Crippen molar-refractivity contribution in [1.82, 2.24) is 4.90 Å². The molecule has 1 saturated heterocycles. The maximum atomic E-state index is 11.6. The molecule has 4 heteroatoms. The number of imide groups is 1. The first-order valence-corrected chi connectivity index (χ1v) is 9.73. The van der Waals surface area contributed by atoms with E-state index >= 15 is 0 Å². The molecule has 1 aliphatic rings. The van der Waals surface area contributed by atoms with Gasteiger partial charge >= 0.3 is 6.09 Å². The summed E-state index contributed by atoms with van der Waals surface area (Å²) in [5.74, 6) is -0.0929. The van der Waals surface area contributed by atoms with Crippen LogP contribution in [0.2, 0.25) is 0 Å². The molecule has 0 unspecified atom stereocenters. The molecule has 1 rings (SSSR count). The third kappa shape index (κ3) is 9.62. The van der Waals surface area contributed by atoms with Crippen molar-refractivity contribution in [2.24, 2.45) is 0 Å². The number of hydrogen-bond acceptors (Lipinski definition) is 3. The van der Waals surface area contributed by atoms with Crippen LogP contribution in [0.4, 0.5) is 4.79 Å². The average Bonchev–Trinajstić information content (AvgIpc) is 2.98. The number of hydrogen-bond donors (Lipinski definition) is 0.